The monoisotopic (exact) mass is 247 g/mol. The fourth-order valence-electron chi connectivity index (χ4n) is 1.47. The molecule has 6 heteroatoms. The van der Waals surface area contributed by atoms with Gasteiger partial charge in [0.05, 0.1) is 0 Å². The van der Waals surface area contributed by atoms with E-state index in [9.17, 15) is 13.2 Å². The van der Waals surface area contributed by atoms with Gasteiger partial charge in [0.25, 0.3) is 5.82 Å². The van der Waals surface area contributed by atoms with Gasteiger partial charge in [0, 0.05) is 12.1 Å². The van der Waals surface area contributed by atoms with Crippen molar-refractivity contribution in [2.75, 3.05) is 0 Å². The Hall–Kier alpha value is -1.33. The van der Waals surface area contributed by atoms with Gasteiger partial charge < -0.3 is 0 Å². The molecule has 0 N–H and O–H groups in total. The quantitative estimate of drug-likeness (QED) is 0.745. The van der Waals surface area contributed by atoms with Crippen molar-refractivity contribution < 1.29 is 13.2 Å². The molecule has 0 saturated heterocycles. The second-order valence-corrected chi connectivity index (χ2v) is 3.95. The second kappa shape index (κ2) is 5.33. The topological polar surface area (TPSA) is 30.7 Å². The van der Waals surface area contributed by atoms with Crippen LogP contribution in [-0.4, -0.2) is 14.8 Å². The van der Waals surface area contributed by atoms with Crippen molar-refractivity contribution >= 4 is 5.70 Å². The first-order valence-corrected chi connectivity index (χ1v) is 5.55. The van der Waals surface area contributed by atoms with Crippen molar-refractivity contribution in [3.05, 3.63) is 18.2 Å². The molecular weight excluding hydrogens is 231 g/mol. The highest BCUT2D eigenvalue weighted by Gasteiger charge is 2.37. The average molecular weight is 247 g/mol. The molecule has 0 aliphatic rings. The van der Waals surface area contributed by atoms with E-state index in [2.05, 4.69) is 16.7 Å². The highest BCUT2D eigenvalue weighted by molar-refractivity contribution is 5.37. The third-order valence-electron chi connectivity index (χ3n) is 2.29. The third-order valence-corrected chi connectivity index (χ3v) is 2.29. The van der Waals surface area contributed by atoms with E-state index < -0.39 is 12.0 Å². The number of rotatable bonds is 5. The van der Waals surface area contributed by atoms with Gasteiger partial charge in [-0.05, 0) is 13.3 Å². The van der Waals surface area contributed by atoms with Gasteiger partial charge >= 0.3 is 6.18 Å². The summed E-state index contributed by atoms with van der Waals surface area (Å²) in [7, 11) is 0. The van der Waals surface area contributed by atoms with Crippen molar-refractivity contribution in [2.45, 2.75) is 45.7 Å². The minimum absolute atomic E-state index is 0.332. The molecule has 0 bridgehead atoms. The van der Waals surface area contributed by atoms with E-state index in [1.807, 2.05) is 6.92 Å². The molecule has 0 atom stereocenters. The standard InChI is InChI=1S/C11H16F3N3/c1-4-5-6-7-9-15-10(11(12,13)14)16-17(9)8(2)3/h2,4-7H2,1,3H3. The molecule has 0 radical (unpaired) electrons. The number of unbranched alkanes of at least 4 members (excludes halogenated alkanes) is 2. The van der Waals surface area contributed by atoms with E-state index >= 15 is 0 Å². The summed E-state index contributed by atoms with van der Waals surface area (Å²) in [4.78, 5) is 3.54. The number of nitrogens with zero attached hydrogens (tertiary/aromatic N) is 3. The number of aromatic nitrogens is 3. The summed E-state index contributed by atoms with van der Waals surface area (Å²) in [5.41, 5.74) is 0.444. The average Bonchev–Trinajstić information content (AvgIpc) is 2.61. The number of allylic oxidation sites excluding steroid dienone is 1. The molecule has 0 aliphatic heterocycles. The van der Waals surface area contributed by atoms with Gasteiger partial charge in [-0.15, -0.1) is 5.10 Å². The zero-order valence-corrected chi connectivity index (χ0v) is 10.0. The fourth-order valence-corrected chi connectivity index (χ4v) is 1.47. The van der Waals surface area contributed by atoms with Gasteiger partial charge in [-0.3, -0.25) is 0 Å². The van der Waals surface area contributed by atoms with E-state index in [1.54, 1.807) is 6.92 Å². The van der Waals surface area contributed by atoms with Crippen molar-refractivity contribution in [3.8, 4) is 0 Å². The van der Waals surface area contributed by atoms with Crippen molar-refractivity contribution in [1.29, 1.82) is 0 Å². The number of halogens is 3. The Labute approximate surface area is 98.3 Å². The number of hydrogen-bond acceptors (Lipinski definition) is 2. The number of hydrogen-bond donors (Lipinski definition) is 0. The van der Waals surface area contributed by atoms with E-state index in [-0.39, 0.29) is 0 Å². The highest BCUT2D eigenvalue weighted by atomic mass is 19.4. The summed E-state index contributed by atoms with van der Waals surface area (Å²) < 4.78 is 38.6. The first-order valence-electron chi connectivity index (χ1n) is 5.55. The predicted molar refractivity (Wildman–Crippen MR) is 59.3 cm³/mol. The Bertz CT molecular complexity index is 393. The maximum atomic E-state index is 12.5. The van der Waals surface area contributed by atoms with Gasteiger partial charge in [-0.25, -0.2) is 9.67 Å². The van der Waals surface area contributed by atoms with E-state index in [0.717, 1.165) is 19.3 Å². The van der Waals surface area contributed by atoms with Gasteiger partial charge in [-0.1, -0.05) is 26.3 Å². The maximum Gasteiger partial charge on any atom is 0.453 e. The fraction of sp³-hybridized carbons (Fsp3) is 0.636. The lowest BCUT2D eigenvalue weighted by atomic mass is 10.2. The number of alkyl halides is 3. The van der Waals surface area contributed by atoms with Crippen molar-refractivity contribution in [3.63, 3.8) is 0 Å². The molecular formula is C11H16F3N3. The molecule has 0 saturated carbocycles. The molecule has 1 rings (SSSR count). The summed E-state index contributed by atoms with van der Waals surface area (Å²) in [5.74, 6) is -0.759. The largest absolute Gasteiger partial charge is 0.453 e. The van der Waals surface area contributed by atoms with E-state index in [0.29, 0.717) is 17.9 Å². The Morgan fingerprint density at radius 2 is 2.00 bits per heavy atom. The lowest BCUT2D eigenvalue weighted by Gasteiger charge is -2.03. The van der Waals surface area contributed by atoms with Gasteiger partial charge in [-0.2, -0.15) is 13.2 Å². The zero-order valence-electron chi connectivity index (χ0n) is 10.0. The summed E-state index contributed by atoms with van der Waals surface area (Å²) in [6, 6.07) is 0. The van der Waals surface area contributed by atoms with Crippen LogP contribution < -0.4 is 0 Å². The van der Waals surface area contributed by atoms with Gasteiger partial charge in [0.2, 0.25) is 0 Å². The van der Waals surface area contributed by atoms with Crippen LogP contribution in [0.3, 0.4) is 0 Å². The molecule has 0 spiro atoms. The minimum atomic E-state index is -4.50. The Balaban J connectivity index is 2.94. The SMILES string of the molecule is C=C(C)n1nc(C(F)(F)F)nc1CCCCC. The molecule has 96 valence electrons. The summed E-state index contributed by atoms with van der Waals surface area (Å²) in [5, 5.41) is 3.44. The lowest BCUT2D eigenvalue weighted by molar-refractivity contribution is -0.144. The molecule has 1 heterocycles. The third kappa shape index (κ3) is 3.57. The highest BCUT2D eigenvalue weighted by Crippen LogP contribution is 2.27. The van der Waals surface area contributed by atoms with Crippen LogP contribution in [0.2, 0.25) is 0 Å². The summed E-state index contributed by atoms with van der Waals surface area (Å²) in [6.07, 6.45) is -1.23. The van der Waals surface area contributed by atoms with Crippen LogP contribution >= 0.6 is 0 Å². The Morgan fingerprint density at radius 3 is 2.47 bits per heavy atom. The molecule has 1 aromatic rings. The predicted octanol–water partition coefficient (Wildman–Crippen LogP) is 3.52. The lowest BCUT2D eigenvalue weighted by Crippen LogP contribution is -2.08. The Morgan fingerprint density at radius 1 is 1.35 bits per heavy atom. The molecule has 0 unspecified atom stereocenters. The van der Waals surface area contributed by atoms with Crippen LogP contribution in [-0.2, 0) is 12.6 Å². The first-order chi connectivity index (χ1) is 7.86. The van der Waals surface area contributed by atoms with E-state index in [4.69, 9.17) is 0 Å². The summed E-state index contributed by atoms with van der Waals surface area (Å²) >= 11 is 0. The van der Waals surface area contributed by atoms with Crippen LogP contribution in [0.4, 0.5) is 13.2 Å². The van der Waals surface area contributed by atoms with Crippen LogP contribution in [0.5, 0.6) is 0 Å². The normalized spacial score (nSPS) is 11.8. The molecule has 0 aromatic carbocycles. The molecule has 3 nitrogen and oxygen atoms in total. The zero-order chi connectivity index (χ0) is 13.1. The minimum Gasteiger partial charge on any atom is -0.222 e. The van der Waals surface area contributed by atoms with Crippen molar-refractivity contribution in [2.24, 2.45) is 0 Å². The first kappa shape index (κ1) is 13.7. The second-order valence-electron chi connectivity index (χ2n) is 3.95. The molecule has 0 fully saturated rings. The van der Waals surface area contributed by atoms with Crippen LogP contribution in [0.25, 0.3) is 5.70 Å². The molecule has 0 aliphatic carbocycles. The van der Waals surface area contributed by atoms with Crippen LogP contribution in [0.15, 0.2) is 6.58 Å². The van der Waals surface area contributed by atoms with Crippen LogP contribution in [0.1, 0.15) is 44.8 Å². The summed E-state index contributed by atoms with van der Waals surface area (Å²) in [6.45, 7) is 7.24. The maximum absolute atomic E-state index is 12.5. The Kier molecular flexibility index (Phi) is 4.31. The van der Waals surface area contributed by atoms with Crippen LogP contribution in [0, 0.1) is 0 Å². The van der Waals surface area contributed by atoms with Gasteiger partial charge in [0.1, 0.15) is 5.82 Å². The molecule has 0 amide bonds. The van der Waals surface area contributed by atoms with E-state index in [1.165, 1.54) is 4.68 Å². The molecule has 1 aromatic heterocycles. The van der Waals surface area contributed by atoms with Crippen molar-refractivity contribution in [1.82, 2.24) is 14.8 Å². The molecule has 17 heavy (non-hydrogen) atoms. The van der Waals surface area contributed by atoms with Gasteiger partial charge in [0.15, 0.2) is 0 Å². The smallest absolute Gasteiger partial charge is 0.222 e. The number of aryl methyl sites for hydroxylation is 1.